The summed E-state index contributed by atoms with van der Waals surface area (Å²) in [5.74, 6) is 0.813. The van der Waals surface area contributed by atoms with Gasteiger partial charge < -0.3 is 10.1 Å². The van der Waals surface area contributed by atoms with Crippen molar-refractivity contribution in [3.63, 3.8) is 0 Å². The Morgan fingerprint density at radius 2 is 2.00 bits per heavy atom. The molecule has 2 nitrogen and oxygen atoms in total. The zero-order valence-corrected chi connectivity index (χ0v) is 13.9. The molecule has 0 spiro atoms. The highest BCUT2D eigenvalue weighted by atomic mass is 79.9. The van der Waals surface area contributed by atoms with Crippen LogP contribution in [0.5, 0.6) is 5.75 Å². The number of hydrogen-bond acceptors (Lipinski definition) is 2. The van der Waals surface area contributed by atoms with E-state index < -0.39 is 0 Å². The second-order valence-corrected chi connectivity index (χ2v) is 5.88. The Morgan fingerprint density at radius 1 is 1.20 bits per heavy atom. The summed E-state index contributed by atoms with van der Waals surface area (Å²) >= 11 is 9.80. The van der Waals surface area contributed by atoms with E-state index in [1.165, 1.54) is 11.1 Å². The van der Waals surface area contributed by atoms with Crippen molar-refractivity contribution >= 4 is 27.5 Å². The lowest BCUT2D eigenvalue weighted by atomic mass is 10.1. The van der Waals surface area contributed by atoms with Gasteiger partial charge in [-0.1, -0.05) is 45.7 Å². The van der Waals surface area contributed by atoms with E-state index >= 15 is 0 Å². The van der Waals surface area contributed by atoms with E-state index in [1.807, 2.05) is 18.2 Å². The van der Waals surface area contributed by atoms with Crippen LogP contribution in [0.3, 0.4) is 0 Å². The van der Waals surface area contributed by atoms with Gasteiger partial charge in [0.05, 0.1) is 7.11 Å². The lowest BCUT2D eigenvalue weighted by molar-refractivity contribution is 0.407. The predicted octanol–water partition coefficient (Wildman–Crippen LogP) is 4.71. The first-order valence-corrected chi connectivity index (χ1v) is 7.56. The van der Waals surface area contributed by atoms with Crippen LogP contribution in [-0.2, 0) is 13.1 Å². The highest BCUT2D eigenvalue weighted by molar-refractivity contribution is 9.10. The average molecular weight is 355 g/mol. The van der Waals surface area contributed by atoms with Gasteiger partial charge in [0, 0.05) is 28.1 Å². The van der Waals surface area contributed by atoms with Crippen LogP contribution in [0.1, 0.15) is 16.7 Å². The molecule has 2 aromatic carbocycles. The van der Waals surface area contributed by atoms with Crippen molar-refractivity contribution in [2.75, 3.05) is 7.11 Å². The molecular formula is C16H17BrClNO. The monoisotopic (exact) mass is 353 g/mol. The van der Waals surface area contributed by atoms with Gasteiger partial charge in [0.1, 0.15) is 5.75 Å². The lowest BCUT2D eigenvalue weighted by Crippen LogP contribution is -2.14. The molecule has 1 N–H and O–H groups in total. The largest absolute Gasteiger partial charge is 0.496 e. The molecule has 2 rings (SSSR count). The summed E-state index contributed by atoms with van der Waals surface area (Å²) in [7, 11) is 1.66. The lowest BCUT2D eigenvalue weighted by Gasteiger charge is -2.12. The molecule has 0 fully saturated rings. The maximum Gasteiger partial charge on any atom is 0.124 e. The van der Waals surface area contributed by atoms with Crippen LogP contribution in [-0.4, -0.2) is 7.11 Å². The first-order valence-electron chi connectivity index (χ1n) is 6.39. The number of methoxy groups -OCH3 is 1. The van der Waals surface area contributed by atoms with Crippen LogP contribution >= 0.6 is 27.5 Å². The smallest absolute Gasteiger partial charge is 0.124 e. The number of rotatable bonds is 5. The molecule has 0 aromatic heterocycles. The zero-order valence-electron chi connectivity index (χ0n) is 11.5. The van der Waals surface area contributed by atoms with Crippen molar-refractivity contribution in [3.8, 4) is 5.75 Å². The minimum Gasteiger partial charge on any atom is -0.496 e. The van der Waals surface area contributed by atoms with E-state index in [9.17, 15) is 0 Å². The van der Waals surface area contributed by atoms with Crippen LogP contribution in [0.2, 0.25) is 5.02 Å². The Morgan fingerprint density at radius 3 is 2.70 bits per heavy atom. The highest BCUT2D eigenvalue weighted by Gasteiger charge is 2.07. The maximum atomic E-state index is 6.21. The number of nitrogens with one attached hydrogen (secondary N) is 1. The molecule has 0 aliphatic carbocycles. The summed E-state index contributed by atoms with van der Waals surface area (Å²) in [6.45, 7) is 3.52. The number of ether oxygens (including phenoxy) is 1. The Labute approximate surface area is 133 Å². The molecule has 0 atom stereocenters. The Bertz CT molecular complexity index is 601. The number of benzene rings is 2. The molecule has 0 bridgehead atoms. The molecule has 0 unspecified atom stereocenters. The fourth-order valence-electron chi connectivity index (χ4n) is 2.02. The number of aryl methyl sites for hydroxylation is 1. The van der Waals surface area contributed by atoms with E-state index in [1.54, 1.807) is 7.11 Å². The zero-order chi connectivity index (χ0) is 14.5. The standard InChI is InChI=1S/C16H17BrClNO/c1-11-6-7-12(14(17)8-11)9-19-10-13-15(18)4-3-5-16(13)20-2/h3-8,19H,9-10H2,1-2H3. The van der Waals surface area contributed by atoms with Crippen LogP contribution < -0.4 is 10.1 Å². The third-order valence-corrected chi connectivity index (χ3v) is 4.21. The van der Waals surface area contributed by atoms with Crippen molar-refractivity contribution in [1.82, 2.24) is 5.32 Å². The van der Waals surface area contributed by atoms with E-state index in [4.69, 9.17) is 16.3 Å². The van der Waals surface area contributed by atoms with Crippen LogP contribution in [0.15, 0.2) is 40.9 Å². The Hall–Kier alpha value is -1.03. The van der Waals surface area contributed by atoms with Crippen LogP contribution in [0.4, 0.5) is 0 Å². The molecule has 0 saturated carbocycles. The predicted molar refractivity (Wildman–Crippen MR) is 87.4 cm³/mol. The minimum atomic E-state index is 0.670. The summed E-state index contributed by atoms with van der Waals surface area (Å²) in [4.78, 5) is 0. The molecule has 4 heteroatoms. The first-order chi connectivity index (χ1) is 9.61. The van der Waals surface area contributed by atoms with Gasteiger partial charge in [-0.25, -0.2) is 0 Å². The van der Waals surface area contributed by atoms with E-state index in [2.05, 4.69) is 46.4 Å². The van der Waals surface area contributed by atoms with Crippen molar-refractivity contribution in [3.05, 3.63) is 62.6 Å². The van der Waals surface area contributed by atoms with Crippen LogP contribution in [0, 0.1) is 6.92 Å². The Balaban J connectivity index is 2.03. The summed E-state index contributed by atoms with van der Waals surface area (Å²) < 4.78 is 6.46. The fourth-order valence-corrected chi connectivity index (χ4v) is 2.89. The quantitative estimate of drug-likeness (QED) is 0.839. The molecule has 2 aromatic rings. The third-order valence-electron chi connectivity index (χ3n) is 3.12. The van der Waals surface area contributed by atoms with Gasteiger partial charge in [0.2, 0.25) is 0 Å². The van der Waals surface area contributed by atoms with Crippen molar-refractivity contribution in [2.24, 2.45) is 0 Å². The van der Waals surface area contributed by atoms with Gasteiger partial charge in [-0.3, -0.25) is 0 Å². The van der Waals surface area contributed by atoms with Gasteiger partial charge >= 0.3 is 0 Å². The molecular weight excluding hydrogens is 338 g/mol. The van der Waals surface area contributed by atoms with Crippen molar-refractivity contribution < 1.29 is 4.74 Å². The maximum absolute atomic E-state index is 6.21. The molecule has 0 amide bonds. The van der Waals surface area contributed by atoms with E-state index in [0.717, 1.165) is 27.4 Å². The molecule has 0 radical (unpaired) electrons. The fraction of sp³-hybridized carbons (Fsp3) is 0.250. The van der Waals surface area contributed by atoms with Gasteiger partial charge in [0.25, 0.3) is 0 Å². The summed E-state index contributed by atoms with van der Waals surface area (Å²) in [5, 5.41) is 4.12. The molecule has 0 aliphatic rings. The molecule has 0 saturated heterocycles. The molecule has 106 valence electrons. The summed E-state index contributed by atoms with van der Waals surface area (Å²) in [6.07, 6.45) is 0. The second kappa shape index (κ2) is 7.11. The molecule has 0 aliphatic heterocycles. The normalized spacial score (nSPS) is 10.6. The molecule has 0 heterocycles. The van der Waals surface area contributed by atoms with E-state index in [0.29, 0.717) is 6.54 Å². The van der Waals surface area contributed by atoms with Gasteiger partial charge in [0.15, 0.2) is 0 Å². The topological polar surface area (TPSA) is 21.3 Å². The Kier molecular flexibility index (Phi) is 5.46. The number of halogens is 2. The van der Waals surface area contributed by atoms with Gasteiger partial charge in [-0.05, 0) is 36.2 Å². The highest BCUT2D eigenvalue weighted by Crippen LogP contribution is 2.26. The third kappa shape index (κ3) is 3.75. The second-order valence-electron chi connectivity index (χ2n) is 4.62. The van der Waals surface area contributed by atoms with E-state index in [-0.39, 0.29) is 0 Å². The van der Waals surface area contributed by atoms with Crippen molar-refractivity contribution in [1.29, 1.82) is 0 Å². The first kappa shape index (κ1) is 15.4. The van der Waals surface area contributed by atoms with Gasteiger partial charge in [-0.15, -0.1) is 0 Å². The van der Waals surface area contributed by atoms with Crippen molar-refractivity contribution in [2.45, 2.75) is 20.0 Å². The average Bonchev–Trinajstić information content (AvgIpc) is 2.42. The SMILES string of the molecule is COc1cccc(Cl)c1CNCc1ccc(C)cc1Br. The summed E-state index contributed by atoms with van der Waals surface area (Å²) in [5.41, 5.74) is 3.45. The van der Waals surface area contributed by atoms with Gasteiger partial charge in [-0.2, -0.15) is 0 Å². The molecule has 20 heavy (non-hydrogen) atoms. The van der Waals surface area contributed by atoms with Crippen LogP contribution in [0.25, 0.3) is 0 Å². The minimum absolute atomic E-state index is 0.670. The number of hydrogen-bond donors (Lipinski definition) is 1. The summed E-state index contributed by atoms with van der Waals surface area (Å²) in [6, 6.07) is 12.0.